The standard InChI is InChI=1S/C8H11NO3/c1-2-8(12)3-5-9(6-4-8)7(10)11/h1,12H,3-6H2,(H,10,11). The Labute approximate surface area is 70.8 Å². The molecule has 1 fully saturated rings. The van der Waals surface area contributed by atoms with Crippen molar-refractivity contribution in [2.45, 2.75) is 18.4 Å². The molecule has 0 unspecified atom stereocenters. The molecule has 1 amide bonds. The van der Waals surface area contributed by atoms with Crippen molar-refractivity contribution in [1.29, 1.82) is 0 Å². The lowest BCUT2D eigenvalue weighted by molar-refractivity contribution is 0.0297. The van der Waals surface area contributed by atoms with Gasteiger partial charge in [0.1, 0.15) is 5.60 Å². The van der Waals surface area contributed by atoms with Crippen LogP contribution in [0.3, 0.4) is 0 Å². The van der Waals surface area contributed by atoms with Crippen LogP contribution in [0.25, 0.3) is 0 Å². The highest BCUT2D eigenvalue weighted by Gasteiger charge is 2.31. The molecule has 0 aromatic carbocycles. The maximum Gasteiger partial charge on any atom is 0.407 e. The maximum atomic E-state index is 10.4. The van der Waals surface area contributed by atoms with E-state index in [1.807, 2.05) is 0 Å². The van der Waals surface area contributed by atoms with E-state index in [-0.39, 0.29) is 0 Å². The summed E-state index contributed by atoms with van der Waals surface area (Å²) in [4.78, 5) is 11.7. The predicted octanol–water partition coefficient (Wildman–Crippen LogP) is 0.124. The molecule has 0 radical (unpaired) electrons. The van der Waals surface area contributed by atoms with Gasteiger partial charge in [-0.15, -0.1) is 6.42 Å². The molecule has 1 rings (SSSR count). The van der Waals surface area contributed by atoms with Crippen molar-refractivity contribution >= 4 is 6.09 Å². The van der Waals surface area contributed by atoms with Crippen molar-refractivity contribution in [1.82, 2.24) is 4.90 Å². The highest BCUT2D eigenvalue weighted by atomic mass is 16.4. The molecular formula is C8H11NO3. The first-order valence-corrected chi connectivity index (χ1v) is 3.75. The molecule has 0 aliphatic carbocycles. The fourth-order valence-corrected chi connectivity index (χ4v) is 1.21. The number of terminal acetylenes is 1. The van der Waals surface area contributed by atoms with Crippen molar-refractivity contribution < 1.29 is 15.0 Å². The topological polar surface area (TPSA) is 60.8 Å². The fraction of sp³-hybridized carbons (Fsp3) is 0.625. The van der Waals surface area contributed by atoms with Crippen LogP contribution in [-0.2, 0) is 0 Å². The van der Waals surface area contributed by atoms with Gasteiger partial charge in [-0.1, -0.05) is 5.92 Å². The van der Waals surface area contributed by atoms with Crippen LogP contribution >= 0.6 is 0 Å². The average molecular weight is 169 g/mol. The van der Waals surface area contributed by atoms with E-state index in [0.29, 0.717) is 25.9 Å². The number of aliphatic hydroxyl groups is 1. The van der Waals surface area contributed by atoms with Crippen LogP contribution in [0.5, 0.6) is 0 Å². The zero-order valence-corrected chi connectivity index (χ0v) is 6.66. The Morgan fingerprint density at radius 1 is 1.50 bits per heavy atom. The van der Waals surface area contributed by atoms with Crippen molar-refractivity contribution in [3.63, 3.8) is 0 Å². The summed E-state index contributed by atoms with van der Waals surface area (Å²) < 4.78 is 0. The van der Waals surface area contributed by atoms with Gasteiger partial charge in [0.25, 0.3) is 0 Å². The number of carboxylic acid groups (broad SMARTS) is 1. The van der Waals surface area contributed by atoms with Crippen LogP contribution in [0.2, 0.25) is 0 Å². The first-order chi connectivity index (χ1) is 5.57. The second kappa shape index (κ2) is 3.03. The van der Waals surface area contributed by atoms with Crippen LogP contribution in [0.1, 0.15) is 12.8 Å². The van der Waals surface area contributed by atoms with Gasteiger partial charge in [0, 0.05) is 25.9 Å². The van der Waals surface area contributed by atoms with E-state index in [9.17, 15) is 9.90 Å². The molecule has 0 spiro atoms. The normalized spacial score (nSPS) is 21.5. The quantitative estimate of drug-likeness (QED) is 0.506. The van der Waals surface area contributed by atoms with Gasteiger partial charge in [0.15, 0.2) is 0 Å². The largest absolute Gasteiger partial charge is 0.465 e. The van der Waals surface area contributed by atoms with Gasteiger partial charge < -0.3 is 15.1 Å². The summed E-state index contributed by atoms with van der Waals surface area (Å²) in [5, 5.41) is 18.1. The third-order valence-electron chi connectivity index (χ3n) is 2.13. The number of nitrogens with zero attached hydrogens (tertiary/aromatic N) is 1. The molecule has 4 nitrogen and oxygen atoms in total. The van der Waals surface area contributed by atoms with Crippen molar-refractivity contribution in [2.75, 3.05) is 13.1 Å². The highest BCUT2D eigenvalue weighted by molar-refractivity contribution is 5.65. The predicted molar refractivity (Wildman–Crippen MR) is 42.6 cm³/mol. The molecule has 1 aliphatic rings. The molecule has 0 atom stereocenters. The molecule has 1 aliphatic heterocycles. The summed E-state index contributed by atoms with van der Waals surface area (Å²) in [7, 11) is 0. The van der Waals surface area contributed by atoms with Crippen LogP contribution in [0.15, 0.2) is 0 Å². The summed E-state index contributed by atoms with van der Waals surface area (Å²) in [6, 6.07) is 0. The molecule has 0 bridgehead atoms. The lowest BCUT2D eigenvalue weighted by Gasteiger charge is -2.33. The van der Waals surface area contributed by atoms with Gasteiger partial charge in [-0.2, -0.15) is 0 Å². The van der Waals surface area contributed by atoms with Gasteiger partial charge in [0.2, 0.25) is 0 Å². The van der Waals surface area contributed by atoms with Crippen LogP contribution < -0.4 is 0 Å². The smallest absolute Gasteiger partial charge is 0.407 e. The third kappa shape index (κ3) is 1.69. The molecule has 0 aromatic heterocycles. The van der Waals surface area contributed by atoms with Crippen molar-refractivity contribution in [2.24, 2.45) is 0 Å². The second-order valence-electron chi connectivity index (χ2n) is 2.95. The number of carbonyl (C=O) groups is 1. The van der Waals surface area contributed by atoms with Gasteiger partial charge >= 0.3 is 6.09 Å². The molecule has 0 saturated carbocycles. The molecule has 66 valence electrons. The molecule has 1 saturated heterocycles. The highest BCUT2D eigenvalue weighted by Crippen LogP contribution is 2.20. The van der Waals surface area contributed by atoms with Crippen LogP contribution in [-0.4, -0.2) is 39.9 Å². The van der Waals surface area contributed by atoms with Gasteiger partial charge in [0.05, 0.1) is 0 Å². The molecular weight excluding hydrogens is 158 g/mol. The van der Waals surface area contributed by atoms with Gasteiger partial charge in [-0.3, -0.25) is 0 Å². The Balaban J connectivity index is 2.51. The average Bonchev–Trinajstić information content (AvgIpc) is 2.05. The van der Waals surface area contributed by atoms with E-state index in [0.717, 1.165) is 0 Å². The summed E-state index contributed by atoms with van der Waals surface area (Å²) in [5.41, 5.74) is -1.09. The molecule has 2 N–H and O–H groups in total. The summed E-state index contributed by atoms with van der Waals surface area (Å²) >= 11 is 0. The van der Waals surface area contributed by atoms with E-state index >= 15 is 0 Å². The lowest BCUT2D eigenvalue weighted by Crippen LogP contribution is -2.45. The van der Waals surface area contributed by atoms with E-state index in [4.69, 9.17) is 11.5 Å². The van der Waals surface area contributed by atoms with E-state index < -0.39 is 11.7 Å². The lowest BCUT2D eigenvalue weighted by atomic mass is 9.93. The molecule has 0 aromatic rings. The first-order valence-electron chi connectivity index (χ1n) is 3.75. The molecule has 12 heavy (non-hydrogen) atoms. The van der Waals surface area contributed by atoms with Crippen LogP contribution in [0, 0.1) is 12.3 Å². The number of piperidine rings is 1. The number of hydrogen-bond acceptors (Lipinski definition) is 2. The number of likely N-dealkylation sites (tertiary alicyclic amines) is 1. The third-order valence-corrected chi connectivity index (χ3v) is 2.13. The summed E-state index contributed by atoms with van der Waals surface area (Å²) in [5.74, 6) is 2.28. The SMILES string of the molecule is C#CC1(O)CCN(C(=O)O)CC1. The van der Waals surface area contributed by atoms with Gasteiger partial charge in [-0.25, -0.2) is 4.79 Å². The molecule has 4 heteroatoms. The van der Waals surface area contributed by atoms with Crippen molar-refractivity contribution in [3.05, 3.63) is 0 Å². The fourth-order valence-electron chi connectivity index (χ4n) is 1.21. The zero-order chi connectivity index (χ0) is 9.19. The van der Waals surface area contributed by atoms with Gasteiger partial charge in [-0.05, 0) is 0 Å². The van der Waals surface area contributed by atoms with E-state index in [1.54, 1.807) is 0 Å². The Hall–Kier alpha value is -1.21. The Bertz CT molecular complexity index is 223. The minimum atomic E-state index is -1.09. The van der Waals surface area contributed by atoms with E-state index in [1.165, 1.54) is 4.90 Å². The number of amides is 1. The minimum absolute atomic E-state index is 0.316. The summed E-state index contributed by atoms with van der Waals surface area (Å²) in [6.45, 7) is 0.631. The van der Waals surface area contributed by atoms with Crippen molar-refractivity contribution in [3.8, 4) is 12.3 Å². The van der Waals surface area contributed by atoms with Crippen LogP contribution in [0.4, 0.5) is 4.79 Å². The zero-order valence-electron chi connectivity index (χ0n) is 6.66. The Kier molecular flexibility index (Phi) is 2.25. The Morgan fingerprint density at radius 3 is 2.33 bits per heavy atom. The monoisotopic (exact) mass is 169 g/mol. The number of hydrogen-bond donors (Lipinski definition) is 2. The first kappa shape index (κ1) is 8.88. The minimum Gasteiger partial charge on any atom is -0.465 e. The van der Waals surface area contributed by atoms with E-state index in [2.05, 4.69) is 5.92 Å². The Morgan fingerprint density at radius 2 is 2.00 bits per heavy atom. The molecule has 1 heterocycles. The second-order valence-corrected chi connectivity index (χ2v) is 2.95. The summed E-state index contributed by atoms with van der Waals surface area (Å²) in [6.07, 6.45) is 4.80. The number of rotatable bonds is 0. The maximum absolute atomic E-state index is 10.4.